The van der Waals surface area contributed by atoms with Gasteiger partial charge >= 0.3 is 0 Å². The SMILES string of the molecule is CC(C)c1nc(C2CCCCC2)nc(Cl)c1I. The van der Waals surface area contributed by atoms with Crippen molar-refractivity contribution in [2.45, 2.75) is 57.8 Å². The van der Waals surface area contributed by atoms with Crippen LogP contribution in [0.1, 0.15) is 69.3 Å². The van der Waals surface area contributed by atoms with Crippen molar-refractivity contribution in [3.05, 3.63) is 20.2 Å². The average Bonchev–Trinajstić information content (AvgIpc) is 2.33. The third kappa shape index (κ3) is 3.11. The smallest absolute Gasteiger partial charge is 0.146 e. The van der Waals surface area contributed by atoms with Crippen LogP contribution in [0.15, 0.2) is 0 Å². The molecule has 17 heavy (non-hydrogen) atoms. The highest BCUT2D eigenvalue weighted by Crippen LogP contribution is 2.33. The molecule has 0 saturated heterocycles. The maximum absolute atomic E-state index is 6.22. The Labute approximate surface area is 122 Å². The predicted octanol–water partition coefficient (Wildman–Crippen LogP) is 4.91. The van der Waals surface area contributed by atoms with Gasteiger partial charge in [0.2, 0.25) is 0 Å². The monoisotopic (exact) mass is 364 g/mol. The van der Waals surface area contributed by atoms with Crippen molar-refractivity contribution in [1.29, 1.82) is 0 Å². The van der Waals surface area contributed by atoms with E-state index in [-0.39, 0.29) is 0 Å². The van der Waals surface area contributed by atoms with Gasteiger partial charge in [-0.15, -0.1) is 0 Å². The predicted molar refractivity (Wildman–Crippen MR) is 79.7 cm³/mol. The Bertz CT molecular complexity index is 401. The van der Waals surface area contributed by atoms with Crippen molar-refractivity contribution in [3.8, 4) is 0 Å². The van der Waals surface area contributed by atoms with Crippen molar-refractivity contribution in [2.24, 2.45) is 0 Å². The number of hydrogen-bond acceptors (Lipinski definition) is 2. The van der Waals surface area contributed by atoms with Gasteiger partial charge in [0.25, 0.3) is 0 Å². The van der Waals surface area contributed by atoms with Gasteiger partial charge < -0.3 is 0 Å². The van der Waals surface area contributed by atoms with Crippen molar-refractivity contribution in [3.63, 3.8) is 0 Å². The lowest BCUT2D eigenvalue weighted by atomic mass is 9.88. The van der Waals surface area contributed by atoms with E-state index in [2.05, 4.69) is 41.4 Å². The zero-order valence-electron chi connectivity index (χ0n) is 10.3. The summed E-state index contributed by atoms with van der Waals surface area (Å²) in [5.74, 6) is 1.90. The minimum Gasteiger partial charge on any atom is -0.236 e. The Morgan fingerprint density at radius 1 is 1.18 bits per heavy atom. The van der Waals surface area contributed by atoms with Crippen LogP contribution in [0.5, 0.6) is 0 Å². The third-order valence-corrected chi connectivity index (χ3v) is 5.03. The molecular formula is C13H18ClIN2. The van der Waals surface area contributed by atoms with Crippen LogP contribution in [0.4, 0.5) is 0 Å². The van der Waals surface area contributed by atoms with E-state index in [0.29, 0.717) is 17.0 Å². The first-order chi connectivity index (χ1) is 8.09. The summed E-state index contributed by atoms with van der Waals surface area (Å²) in [6.07, 6.45) is 6.39. The Balaban J connectivity index is 2.34. The second-order valence-electron chi connectivity index (χ2n) is 5.06. The van der Waals surface area contributed by atoms with Gasteiger partial charge in [-0.05, 0) is 41.4 Å². The van der Waals surface area contributed by atoms with Crippen LogP contribution in [0, 0.1) is 3.57 Å². The van der Waals surface area contributed by atoms with Crippen LogP contribution in [0.3, 0.4) is 0 Å². The van der Waals surface area contributed by atoms with Gasteiger partial charge in [0.1, 0.15) is 11.0 Å². The van der Waals surface area contributed by atoms with Crippen LogP contribution in [0.25, 0.3) is 0 Å². The number of aromatic nitrogens is 2. The number of nitrogens with zero attached hydrogens (tertiary/aromatic N) is 2. The summed E-state index contributed by atoms with van der Waals surface area (Å²) in [5.41, 5.74) is 1.10. The summed E-state index contributed by atoms with van der Waals surface area (Å²) in [7, 11) is 0. The second kappa shape index (κ2) is 5.83. The zero-order chi connectivity index (χ0) is 12.4. The maximum atomic E-state index is 6.22. The van der Waals surface area contributed by atoms with E-state index in [0.717, 1.165) is 15.1 Å². The summed E-state index contributed by atoms with van der Waals surface area (Å²) in [6, 6.07) is 0. The molecule has 1 aliphatic carbocycles. The fourth-order valence-electron chi connectivity index (χ4n) is 2.38. The normalized spacial score (nSPS) is 17.7. The van der Waals surface area contributed by atoms with Crippen molar-refractivity contribution in [1.82, 2.24) is 9.97 Å². The number of halogens is 2. The molecule has 0 bridgehead atoms. The molecule has 1 saturated carbocycles. The lowest BCUT2D eigenvalue weighted by Crippen LogP contribution is -2.12. The van der Waals surface area contributed by atoms with Gasteiger partial charge in [-0.1, -0.05) is 44.7 Å². The lowest BCUT2D eigenvalue weighted by molar-refractivity contribution is 0.427. The summed E-state index contributed by atoms with van der Waals surface area (Å²) in [6.45, 7) is 4.32. The van der Waals surface area contributed by atoms with Crippen LogP contribution < -0.4 is 0 Å². The molecule has 0 N–H and O–H groups in total. The van der Waals surface area contributed by atoms with Gasteiger partial charge in [-0.25, -0.2) is 9.97 Å². The third-order valence-electron chi connectivity index (χ3n) is 3.37. The van der Waals surface area contributed by atoms with Crippen LogP contribution >= 0.6 is 34.2 Å². The van der Waals surface area contributed by atoms with Crippen molar-refractivity contribution in [2.75, 3.05) is 0 Å². The van der Waals surface area contributed by atoms with Gasteiger partial charge in [0.05, 0.1) is 9.26 Å². The van der Waals surface area contributed by atoms with Gasteiger partial charge in [-0.3, -0.25) is 0 Å². The molecule has 1 heterocycles. The van der Waals surface area contributed by atoms with Crippen LogP contribution in [0.2, 0.25) is 5.15 Å². The first-order valence-electron chi connectivity index (χ1n) is 6.32. The molecule has 1 aromatic rings. The van der Waals surface area contributed by atoms with Gasteiger partial charge in [0.15, 0.2) is 0 Å². The topological polar surface area (TPSA) is 25.8 Å². The minimum absolute atomic E-state index is 0.407. The van der Waals surface area contributed by atoms with E-state index in [4.69, 9.17) is 16.6 Å². The Morgan fingerprint density at radius 3 is 2.41 bits per heavy atom. The summed E-state index contributed by atoms with van der Waals surface area (Å²) >= 11 is 8.47. The van der Waals surface area contributed by atoms with E-state index < -0.39 is 0 Å². The molecule has 0 aliphatic heterocycles. The van der Waals surface area contributed by atoms with E-state index in [9.17, 15) is 0 Å². The highest BCUT2D eigenvalue weighted by molar-refractivity contribution is 14.1. The van der Waals surface area contributed by atoms with E-state index in [1.807, 2.05) is 0 Å². The molecule has 0 radical (unpaired) electrons. The molecular weight excluding hydrogens is 347 g/mol. The molecule has 1 aromatic heterocycles. The molecule has 1 fully saturated rings. The summed E-state index contributed by atoms with van der Waals surface area (Å²) < 4.78 is 1.01. The first-order valence-corrected chi connectivity index (χ1v) is 7.78. The van der Waals surface area contributed by atoms with Crippen LogP contribution in [-0.4, -0.2) is 9.97 Å². The number of hydrogen-bond donors (Lipinski definition) is 0. The quantitative estimate of drug-likeness (QED) is 0.550. The van der Waals surface area contributed by atoms with Crippen LogP contribution in [-0.2, 0) is 0 Å². The minimum atomic E-state index is 0.407. The maximum Gasteiger partial charge on any atom is 0.146 e. The van der Waals surface area contributed by atoms with E-state index >= 15 is 0 Å². The highest BCUT2D eigenvalue weighted by atomic mass is 127. The van der Waals surface area contributed by atoms with E-state index in [1.54, 1.807) is 0 Å². The fourth-order valence-corrected chi connectivity index (χ4v) is 3.43. The Morgan fingerprint density at radius 2 is 1.82 bits per heavy atom. The molecule has 1 aliphatic rings. The average molecular weight is 365 g/mol. The molecule has 2 rings (SSSR count). The highest BCUT2D eigenvalue weighted by Gasteiger charge is 2.21. The summed E-state index contributed by atoms with van der Waals surface area (Å²) in [4.78, 5) is 9.24. The largest absolute Gasteiger partial charge is 0.236 e. The fraction of sp³-hybridized carbons (Fsp3) is 0.692. The Kier molecular flexibility index (Phi) is 4.64. The zero-order valence-corrected chi connectivity index (χ0v) is 13.3. The van der Waals surface area contributed by atoms with E-state index in [1.165, 1.54) is 32.1 Å². The molecule has 0 atom stereocenters. The molecule has 94 valence electrons. The molecule has 0 unspecified atom stereocenters. The molecule has 0 amide bonds. The molecule has 2 nitrogen and oxygen atoms in total. The molecule has 0 spiro atoms. The second-order valence-corrected chi connectivity index (χ2v) is 6.50. The first kappa shape index (κ1) is 13.5. The van der Waals surface area contributed by atoms with Gasteiger partial charge in [-0.2, -0.15) is 0 Å². The summed E-state index contributed by atoms with van der Waals surface area (Å²) in [5, 5.41) is 0.630. The molecule has 0 aromatic carbocycles. The lowest BCUT2D eigenvalue weighted by Gasteiger charge is -2.21. The van der Waals surface area contributed by atoms with Gasteiger partial charge in [0, 0.05) is 5.92 Å². The van der Waals surface area contributed by atoms with Crippen molar-refractivity contribution >= 4 is 34.2 Å². The Hall–Kier alpha value is 0.100. The number of rotatable bonds is 2. The standard InChI is InChI=1S/C13H18ClIN2/c1-8(2)11-10(15)12(14)17-13(16-11)9-6-4-3-5-7-9/h8-9H,3-7H2,1-2H3. The molecule has 4 heteroatoms. The van der Waals surface area contributed by atoms with Crippen molar-refractivity contribution < 1.29 is 0 Å².